The van der Waals surface area contributed by atoms with E-state index in [2.05, 4.69) is 25.7 Å². The molecule has 0 aliphatic carbocycles. The van der Waals surface area contributed by atoms with Gasteiger partial charge in [-0.05, 0) is 31.5 Å². The molecule has 1 fully saturated rings. The van der Waals surface area contributed by atoms with Crippen LogP contribution in [0.3, 0.4) is 0 Å². The van der Waals surface area contributed by atoms with Crippen LogP contribution in [-0.4, -0.2) is 38.9 Å². The van der Waals surface area contributed by atoms with E-state index in [9.17, 15) is 0 Å². The molecular weight excluding hydrogens is 242 g/mol. The summed E-state index contributed by atoms with van der Waals surface area (Å²) in [5.41, 5.74) is 5.87. The summed E-state index contributed by atoms with van der Waals surface area (Å²) in [6.45, 7) is 2.01. The SMILES string of the molecule is Nc1nc(NC2CCCNC2)nn1-c1ccccn1. The maximum atomic E-state index is 5.87. The Morgan fingerprint density at radius 3 is 3.11 bits per heavy atom. The Bertz CT molecular complexity index is 530. The minimum absolute atomic E-state index is 0.338. The first-order valence-corrected chi connectivity index (χ1v) is 6.44. The molecule has 100 valence electrons. The van der Waals surface area contributed by atoms with Gasteiger partial charge in [0.05, 0.1) is 0 Å². The molecule has 0 aromatic carbocycles. The molecule has 0 radical (unpaired) electrons. The van der Waals surface area contributed by atoms with Crippen molar-refractivity contribution in [2.75, 3.05) is 24.1 Å². The summed E-state index contributed by atoms with van der Waals surface area (Å²) < 4.78 is 1.54. The predicted octanol–water partition coefficient (Wildman–Crippen LogP) is 0.408. The fourth-order valence-corrected chi connectivity index (χ4v) is 2.19. The number of anilines is 2. The third-order valence-corrected chi connectivity index (χ3v) is 3.13. The van der Waals surface area contributed by atoms with Gasteiger partial charge in [-0.15, -0.1) is 5.10 Å². The van der Waals surface area contributed by atoms with Crippen LogP contribution in [0.5, 0.6) is 0 Å². The first-order chi connectivity index (χ1) is 9.33. The van der Waals surface area contributed by atoms with Crippen LogP contribution in [0, 0.1) is 0 Å². The molecule has 1 saturated heterocycles. The van der Waals surface area contributed by atoms with Crippen LogP contribution in [0.4, 0.5) is 11.9 Å². The summed E-state index contributed by atoms with van der Waals surface area (Å²) in [7, 11) is 0. The third kappa shape index (κ3) is 2.65. The molecule has 0 bridgehead atoms. The van der Waals surface area contributed by atoms with Crippen molar-refractivity contribution in [1.82, 2.24) is 25.1 Å². The number of rotatable bonds is 3. The standard InChI is InChI=1S/C12H17N7/c13-11-17-12(16-9-4-3-6-14-8-9)18-19(11)10-5-1-2-7-15-10/h1-2,5,7,9,14H,3-4,6,8H2,(H3,13,16,17,18). The summed E-state index contributed by atoms with van der Waals surface area (Å²) >= 11 is 0. The van der Waals surface area contributed by atoms with E-state index in [1.165, 1.54) is 0 Å². The van der Waals surface area contributed by atoms with Gasteiger partial charge in [-0.1, -0.05) is 6.07 Å². The molecule has 1 atom stereocenters. The lowest BCUT2D eigenvalue weighted by molar-refractivity contribution is 0.478. The highest BCUT2D eigenvalue weighted by Gasteiger charge is 2.16. The highest BCUT2D eigenvalue weighted by Crippen LogP contribution is 2.13. The Hall–Kier alpha value is -2.15. The number of nitrogens with two attached hydrogens (primary N) is 1. The molecule has 7 nitrogen and oxygen atoms in total. The minimum atomic E-state index is 0.338. The van der Waals surface area contributed by atoms with E-state index in [0.717, 1.165) is 25.9 Å². The maximum absolute atomic E-state index is 5.87. The van der Waals surface area contributed by atoms with Gasteiger partial charge >= 0.3 is 0 Å². The van der Waals surface area contributed by atoms with E-state index in [1.807, 2.05) is 18.2 Å². The van der Waals surface area contributed by atoms with Crippen molar-refractivity contribution in [2.24, 2.45) is 0 Å². The zero-order valence-electron chi connectivity index (χ0n) is 10.6. The van der Waals surface area contributed by atoms with Gasteiger partial charge in [0.2, 0.25) is 11.9 Å². The van der Waals surface area contributed by atoms with Gasteiger partial charge in [0.1, 0.15) is 0 Å². The summed E-state index contributed by atoms with van der Waals surface area (Å²) in [4.78, 5) is 8.44. The molecule has 2 aromatic rings. The zero-order valence-corrected chi connectivity index (χ0v) is 10.6. The molecule has 7 heteroatoms. The average molecular weight is 259 g/mol. The third-order valence-electron chi connectivity index (χ3n) is 3.13. The highest BCUT2D eigenvalue weighted by atomic mass is 15.4. The number of nitrogens with zero attached hydrogens (tertiary/aromatic N) is 4. The molecule has 0 saturated carbocycles. The lowest BCUT2D eigenvalue weighted by Crippen LogP contribution is -2.38. The van der Waals surface area contributed by atoms with Crippen LogP contribution in [0.2, 0.25) is 0 Å². The van der Waals surface area contributed by atoms with Crippen molar-refractivity contribution in [3.63, 3.8) is 0 Å². The van der Waals surface area contributed by atoms with Crippen LogP contribution >= 0.6 is 0 Å². The van der Waals surface area contributed by atoms with E-state index in [-0.39, 0.29) is 0 Å². The molecule has 3 rings (SSSR count). The Balaban J connectivity index is 1.77. The first-order valence-electron chi connectivity index (χ1n) is 6.44. The predicted molar refractivity (Wildman–Crippen MR) is 73.1 cm³/mol. The highest BCUT2D eigenvalue weighted by molar-refractivity contribution is 5.38. The van der Waals surface area contributed by atoms with Crippen molar-refractivity contribution >= 4 is 11.9 Å². The number of hydrogen-bond donors (Lipinski definition) is 3. The normalized spacial score (nSPS) is 19.3. The molecule has 1 unspecified atom stereocenters. The van der Waals surface area contributed by atoms with E-state index >= 15 is 0 Å². The summed E-state index contributed by atoms with van der Waals surface area (Å²) in [6, 6.07) is 5.94. The Labute approximate surface area is 111 Å². The van der Waals surface area contributed by atoms with Gasteiger partial charge < -0.3 is 16.4 Å². The zero-order chi connectivity index (χ0) is 13.1. The number of nitrogen functional groups attached to an aromatic ring is 1. The van der Waals surface area contributed by atoms with Crippen LogP contribution < -0.4 is 16.4 Å². The van der Waals surface area contributed by atoms with Crippen molar-refractivity contribution in [3.8, 4) is 5.82 Å². The second kappa shape index (κ2) is 5.23. The van der Waals surface area contributed by atoms with Crippen molar-refractivity contribution < 1.29 is 0 Å². The van der Waals surface area contributed by atoms with Crippen molar-refractivity contribution in [3.05, 3.63) is 24.4 Å². The van der Waals surface area contributed by atoms with Gasteiger partial charge in [0.15, 0.2) is 5.82 Å². The van der Waals surface area contributed by atoms with E-state index < -0.39 is 0 Å². The topological polar surface area (TPSA) is 93.7 Å². The molecule has 2 aromatic heterocycles. The van der Waals surface area contributed by atoms with Crippen molar-refractivity contribution in [1.29, 1.82) is 0 Å². The number of pyridine rings is 1. The summed E-state index contributed by atoms with van der Waals surface area (Å²) in [6.07, 6.45) is 3.98. The van der Waals surface area contributed by atoms with Gasteiger partial charge in [0, 0.05) is 18.8 Å². The Morgan fingerprint density at radius 2 is 2.37 bits per heavy atom. The quantitative estimate of drug-likeness (QED) is 0.739. The molecular formula is C12H17N7. The maximum Gasteiger partial charge on any atom is 0.244 e. The van der Waals surface area contributed by atoms with E-state index in [0.29, 0.717) is 23.8 Å². The summed E-state index contributed by atoms with van der Waals surface area (Å²) in [5.74, 6) is 1.56. The molecule has 0 amide bonds. The number of nitrogens with one attached hydrogen (secondary N) is 2. The van der Waals surface area contributed by atoms with E-state index in [1.54, 1.807) is 10.9 Å². The smallest absolute Gasteiger partial charge is 0.244 e. The van der Waals surface area contributed by atoms with Crippen LogP contribution in [0.15, 0.2) is 24.4 Å². The monoisotopic (exact) mass is 259 g/mol. The fraction of sp³-hybridized carbons (Fsp3) is 0.417. The second-order valence-electron chi connectivity index (χ2n) is 4.58. The Kier molecular flexibility index (Phi) is 3.28. The number of piperidine rings is 1. The molecule has 1 aliphatic rings. The molecule has 3 heterocycles. The largest absolute Gasteiger partial charge is 0.368 e. The first kappa shape index (κ1) is 11.9. The lowest BCUT2D eigenvalue weighted by Gasteiger charge is -2.22. The van der Waals surface area contributed by atoms with Gasteiger partial charge in [-0.3, -0.25) is 0 Å². The van der Waals surface area contributed by atoms with E-state index in [4.69, 9.17) is 5.73 Å². The van der Waals surface area contributed by atoms with Gasteiger partial charge in [-0.2, -0.15) is 9.67 Å². The lowest BCUT2D eigenvalue weighted by atomic mass is 10.1. The number of hydrogen-bond acceptors (Lipinski definition) is 6. The average Bonchev–Trinajstić information content (AvgIpc) is 2.82. The number of aromatic nitrogens is 4. The fourth-order valence-electron chi connectivity index (χ4n) is 2.19. The molecule has 1 aliphatic heterocycles. The molecule has 0 spiro atoms. The Morgan fingerprint density at radius 1 is 1.42 bits per heavy atom. The van der Waals surface area contributed by atoms with Crippen LogP contribution in [0.25, 0.3) is 5.82 Å². The molecule has 19 heavy (non-hydrogen) atoms. The molecule has 4 N–H and O–H groups in total. The van der Waals surface area contributed by atoms with Gasteiger partial charge in [-0.25, -0.2) is 4.98 Å². The second-order valence-corrected chi connectivity index (χ2v) is 4.58. The van der Waals surface area contributed by atoms with Gasteiger partial charge in [0.25, 0.3) is 0 Å². The van der Waals surface area contributed by atoms with Crippen LogP contribution in [-0.2, 0) is 0 Å². The van der Waals surface area contributed by atoms with Crippen LogP contribution in [0.1, 0.15) is 12.8 Å². The minimum Gasteiger partial charge on any atom is -0.368 e. The van der Waals surface area contributed by atoms with Crippen molar-refractivity contribution in [2.45, 2.75) is 18.9 Å². The summed E-state index contributed by atoms with van der Waals surface area (Å²) in [5, 5.41) is 11.0.